The number of nitrogens with zero attached hydrogens (tertiary/aromatic N) is 2. The maximum atomic E-state index is 12.7. The van der Waals surface area contributed by atoms with Crippen molar-refractivity contribution < 1.29 is 19.4 Å². The normalized spacial score (nSPS) is 15.7. The molecule has 32 heavy (non-hydrogen) atoms. The molecule has 6 rings (SSSR count). The lowest BCUT2D eigenvalue weighted by Gasteiger charge is -2.27. The quantitative estimate of drug-likeness (QED) is 0.185. The number of ether oxygens (including phenoxy) is 2. The molecule has 0 unspecified atom stereocenters. The number of hydrogen-bond donors (Lipinski definition) is 1. The zero-order chi connectivity index (χ0) is 21.8. The van der Waals surface area contributed by atoms with Gasteiger partial charge in [-0.2, -0.15) is 0 Å². The van der Waals surface area contributed by atoms with E-state index in [9.17, 15) is 9.90 Å². The molecule has 1 atom stereocenters. The summed E-state index contributed by atoms with van der Waals surface area (Å²) in [7, 11) is 1.50. The van der Waals surface area contributed by atoms with E-state index in [4.69, 9.17) is 19.4 Å². The molecule has 0 aliphatic carbocycles. The van der Waals surface area contributed by atoms with E-state index in [1.807, 2.05) is 54.6 Å². The summed E-state index contributed by atoms with van der Waals surface area (Å²) < 4.78 is 11.0. The predicted octanol–water partition coefficient (Wildman–Crippen LogP) is 5.09. The third-order valence-electron chi connectivity index (χ3n) is 6.04. The van der Waals surface area contributed by atoms with Gasteiger partial charge in [-0.1, -0.05) is 42.5 Å². The Bertz CT molecular complexity index is 1560. The van der Waals surface area contributed by atoms with Crippen molar-refractivity contribution in [3.8, 4) is 17.2 Å². The molecule has 0 saturated heterocycles. The van der Waals surface area contributed by atoms with E-state index in [1.165, 1.54) is 7.11 Å². The second-order valence-corrected chi connectivity index (χ2v) is 7.86. The zero-order valence-corrected chi connectivity index (χ0v) is 17.2. The molecule has 0 saturated carbocycles. The molecule has 6 heteroatoms. The molecule has 0 radical (unpaired) electrons. The van der Waals surface area contributed by atoms with Gasteiger partial charge in [-0.15, -0.1) is 0 Å². The van der Waals surface area contributed by atoms with Gasteiger partial charge in [0, 0.05) is 22.3 Å². The summed E-state index contributed by atoms with van der Waals surface area (Å²) >= 11 is 0. The average molecular weight is 422 g/mol. The standard InChI is InChI=1S/C26H18N2O4/c1-31-21-11-10-14(12-20(21)29)17-13-22(30)32-26-16-7-3-2-6-15(16)24-25(23(17)26)28-19-9-5-4-8-18(19)27-24/h2-12,17,29H,13H2,1H3/t17-/m1/s1. The lowest BCUT2D eigenvalue weighted by atomic mass is 9.83. The lowest BCUT2D eigenvalue weighted by Crippen LogP contribution is -2.22. The molecular formula is C26H18N2O4. The summed E-state index contributed by atoms with van der Waals surface area (Å²) in [6, 6.07) is 20.7. The van der Waals surface area contributed by atoms with Crippen molar-refractivity contribution in [2.45, 2.75) is 12.3 Å². The number of fused-ring (bicyclic) bond motifs is 7. The van der Waals surface area contributed by atoms with Crippen molar-refractivity contribution in [2.75, 3.05) is 7.11 Å². The number of benzene rings is 4. The maximum Gasteiger partial charge on any atom is 0.312 e. The number of rotatable bonds is 2. The molecule has 0 spiro atoms. The van der Waals surface area contributed by atoms with Crippen LogP contribution in [0.5, 0.6) is 17.2 Å². The molecule has 0 amide bonds. The third kappa shape index (κ3) is 2.69. The fourth-order valence-electron chi connectivity index (χ4n) is 4.58. The number of para-hydroxylation sites is 2. The van der Waals surface area contributed by atoms with Gasteiger partial charge in [0.05, 0.1) is 35.6 Å². The topological polar surface area (TPSA) is 81.5 Å². The maximum absolute atomic E-state index is 12.7. The summed E-state index contributed by atoms with van der Waals surface area (Å²) in [5.41, 5.74) is 4.63. The van der Waals surface area contributed by atoms with Gasteiger partial charge in [0.2, 0.25) is 0 Å². The van der Waals surface area contributed by atoms with Crippen LogP contribution in [0.25, 0.3) is 32.8 Å². The molecule has 1 aromatic heterocycles. The second-order valence-electron chi connectivity index (χ2n) is 7.86. The Morgan fingerprint density at radius 3 is 2.34 bits per heavy atom. The highest BCUT2D eigenvalue weighted by Crippen LogP contribution is 2.48. The summed E-state index contributed by atoms with van der Waals surface area (Å²) in [4.78, 5) is 22.6. The molecule has 0 fully saturated rings. The highest BCUT2D eigenvalue weighted by molar-refractivity contribution is 6.12. The first kappa shape index (κ1) is 18.6. The van der Waals surface area contributed by atoms with Crippen molar-refractivity contribution in [3.63, 3.8) is 0 Å². The first-order valence-electron chi connectivity index (χ1n) is 10.3. The third-order valence-corrected chi connectivity index (χ3v) is 6.04. The fraction of sp³-hybridized carbons (Fsp3) is 0.115. The van der Waals surface area contributed by atoms with E-state index < -0.39 is 0 Å². The van der Waals surface area contributed by atoms with Crippen molar-refractivity contribution in [3.05, 3.63) is 77.9 Å². The summed E-state index contributed by atoms with van der Waals surface area (Å²) in [6.07, 6.45) is 0.140. The van der Waals surface area contributed by atoms with Crippen molar-refractivity contribution in [1.82, 2.24) is 9.97 Å². The van der Waals surface area contributed by atoms with Gasteiger partial charge < -0.3 is 14.6 Å². The van der Waals surface area contributed by atoms with Crippen LogP contribution < -0.4 is 9.47 Å². The molecular weight excluding hydrogens is 404 g/mol. The Hall–Kier alpha value is -4.19. The van der Waals surface area contributed by atoms with E-state index in [1.54, 1.807) is 12.1 Å². The van der Waals surface area contributed by atoms with Crippen LogP contribution in [0, 0.1) is 0 Å². The first-order chi connectivity index (χ1) is 15.6. The Morgan fingerprint density at radius 2 is 1.62 bits per heavy atom. The van der Waals surface area contributed by atoms with Crippen LogP contribution in [0.15, 0.2) is 66.7 Å². The van der Waals surface area contributed by atoms with Crippen LogP contribution in [0.3, 0.4) is 0 Å². The Morgan fingerprint density at radius 1 is 0.938 bits per heavy atom. The van der Waals surface area contributed by atoms with Crippen LogP contribution >= 0.6 is 0 Å². The predicted molar refractivity (Wildman–Crippen MR) is 121 cm³/mol. The number of carbonyl (C=O) groups excluding carboxylic acids is 1. The minimum atomic E-state index is -0.342. The van der Waals surface area contributed by atoms with Gasteiger partial charge in [-0.3, -0.25) is 4.79 Å². The van der Waals surface area contributed by atoms with Crippen LogP contribution in [0.2, 0.25) is 0 Å². The van der Waals surface area contributed by atoms with Crippen LogP contribution in [0.1, 0.15) is 23.5 Å². The number of esters is 1. The van der Waals surface area contributed by atoms with Gasteiger partial charge >= 0.3 is 5.97 Å². The van der Waals surface area contributed by atoms with E-state index in [2.05, 4.69) is 0 Å². The van der Waals surface area contributed by atoms with E-state index >= 15 is 0 Å². The Kier molecular flexibility index (Phi) is 4.01. The van der Waals surface area contributed by atoms with Crippen molar-refractivity contribution in [1.29, 1.82) is 0 Å². The fourth-order valence-corrected chi connectivity index (χ4v) is 4.58. The minimum Gasteiger partial charge on any atom is -0.504 e. The molecule has 0 bridgehead atoms. The first-order valence-corrected chi connectivity index (χ1v) is 10.3. The van der Waals surface area contributed by atoms with Crippen LogP contribution in [-0.4, -0.2) is 28.2 Å². The highest BCUT2D eigenvalue weighted by Gasteiger charge is 2.34. The number of phenolic OH excluding ortho intramolecular Hbond substituents is 1. The van der Waals surface area contributed by atoms with Gasteiger partial charge in [-0.25, -0.2) is 9.97 Å². The van der Waals surface area contributed by atoms with Crippen LogP contribution in [-0.2, 0) is 4.79 Å². The number of aromatic hydroxyl groups is 1. The average Bonchev–Trinajstić information content (AvgIpc) is 2.82. The van der Waals surface area contributed by atoms with E-state index in [0.29, 0.717) is 17.0 Å². The lowest BCUT2D eigenvalue weighted by molar-refractivity contribution is -0.135. The molecule has 1 aliphatic rings. The Balaban J connectivity index is 1.74. The monoisotopic (exact) mass is 422 g/mol. The number of hydrogen-bond acceptors (Lipinski definition) is 6. The van der Waals surface area contributed by atoms with Crippen molar-refractivity contribution >= 4 is 38.8 Å². The largest absolute Gasteiger partial charge is 0.504 e. The highest BCUT2D eigenvalue weighted by atomic mass is 16.5. The summed E-state index contributed by atoms with van der Waals surface area (Å²) in [5, 5.41) is 12.1. The van der Waals surface area contributed by atoms with E-state index in [0.717, 1.165) is 38.4 Å². The molecule has 6 nitrogen and oxygen atoms in total. The number of methoxy groups -OCH3 is 1. The van der Waals surface area contributed by atoms with Gasteiger partial charge in [0.15, 0.2) is 11.5 Å². The number of aromatic nitrogens is 2. The molecule has 1 aliphatic heterocycles. The SMILES string of the molecule is COc1ccc([C@H]2CC(=O)Oc3c2c2nc4ccccc4nc2c2ccccc32)cc1O. The second kappa shape index (κ2) is 6.92. The summed E-state index contributed by atoms with van der Waals surface area (Å²) in [5.74, 6) is 0.240. The zero-order valence-electron chi connectivity index (χ0n) is 17.2. The van der Waals surface area contributed by atoms with E-state index in [-0.39, 0.29) is 24.1 Å². The van der Waals surface area contributed by atoms with Crippen LogP contribution in [0.4, 0.5) is 0 Å². The van der Waals surface area contributed by atoms with Gasteiger partial charge in [-0.05, 0) is 29.8 Å². The van der Waals surface area contributed by atoms with Gasteiger partial charge in [0.1, 0.15) is 5.75 Å². The molecule has 5 aromatic rings. The minimum absolute atomic E-state index is 0.0205. The molecule has 1 N–H and O–H groups in total. The van der Waals surface area contributed by atoms with Crippen molar-refractivity contribution in [2.24, 2.45) is 0 Å². The number of carbonyl (C=O) groups is 1. The molecule has 4 aromatic carbocycles. The smallest absolute Gasteiger partial charge is 0.312 e. The Labute approximate surface area is 183 Å². The summed E-state index contributed by atoms with van der Waals surface area (Å²) in [6.45, 7) is 0. The molecule has 2 heterocycles. The number of phenols is 1. The molecule has 156 valence electrons. The van der Waals surface area contributed by atoms with Gasteiger partial charge in [0.25, 0.3) is 0 Å².